The van der Waals surface area contributed by atoms with E-state index in [0.717, 1.165) is 29.5 Å². The lowest BCUT2D eigenvalue weighted by atomic mass is 10.2. The fourth-order valence-corrected chi connectivity index (χ4v) is 3.10. The van der Waals surface area contributed by atoms with Crippen molar-refractivity contribution in [3.05, 3.63) is 48.0 Å². The van der Waals surface area contributed by atoms with Gasteiger partial charge in [-0.2, -0.15) is 0 Å². The van der Waals surface area contributed by atoms with Gasteiger partial charge in [0.05, 0.1) is 6.10 Å². The van der Waals surface area contributed by atoms with Crippen LogP contribution < -0.4 is 19.5 Å². The molecule has 2 aromatic rings. The molecule has 0 aromatic heterocycles. The van der Waals surface area contributed by atoms with Crippen LogP contribution in [0, 0.1) is 0 Å². The summed E-state index contributed by atoms with van der Waals surface area (Å²) in [5.41, 5.74) is 2.25. The summed E-state index contributed by atoms with van der Waals surface area (Å²) < 4.78 is 16.7. The van der Waals surface area contributed by atoms with Crippen molar-refractivity contribution < 1.29 is 14.2 Å². The predicted molar refractivity (Wildman–Crippen MR) is 89.2 cm³/mol. The maximum absolute atomic E-state index is 5.99. The van der Waals surface area contributed by atoms with Gasteiger partial charge in [-0.25, -0.2) is 0 Å². The summed E-state index contributed by atoms with van der Waals surface area (Å²) in [7, 11) is 0. The normalized spacial score (nSPS) is 16.5. The second-order valence-corrected chi connectivity index (χ2v) is 6.09. The highest BCUT2D eigenvalue weighted by molar-refractivity contribution is 5.55. The molecule has 4 rings (SSSR count). The maximum atomic E-state index is 5.99. The first-order valence-corrected chi connectivity index (χ1v) is 8.26. The zero-order valence-corrected chi connectivity index (χ0v) is 13.1. The summed E-state index contributed by atoms with van der Waals surface area (Å²) in [5.74, 6) is 2.59. The van der Waals surface area contributed by atoms with Crippen LogP contribution >= 0.6 is 0 Å². The molecule has 1 heterocycles. The minimum absolute atomic E-state index is 0.307. The quantitative estimate of drug-likeness (QED) is 0.891. The molecule has 2 aliphatic rings. The fourth-order valence-electron chi connectivity index (χ4n) is 3.10. The van der Waals surface area contributed by atoms with Gasteiger partial charge in [-0.3, -0.25) is 0 Å². The van der Waals surface area contributed by atoms with Crippen LogP contribution in [0.25, 0.3) is 0 Å². The molecule has 23 heavy (non-hydrogen) atoms. The van der Waals surface area contributed by atoms with Crippen LogP contribution in [0.1, 0.15) is 31.2 Å². The molecule has 0 saturated heterocycles. The zero-order valence-electron chi connectivity index (χ0n) is 13.1. The number of benzene rings is 2. The largest absolute Gasteiger partial charge is 0.490 e. The van der Waals surface area contributed by atoms with E-state index in [1.54, 1.807) is 0 Å². The van der Waals surface area contributed by atoms with Crippen LogP contribution in [-0.4, -0.2) is 12.9 Å². The Morgan fingerprint density at radius 2 is 1.74 bits per heavy atom. The van der Waals surface area contributed by atoms with E-state index < -0.39 is 0 Å². The average molecular weight is 311 g/mol. The third-order valence-corrected chi connectivity index (χ3v) is 4.40. The SMILES string of the molecule is c1cc(OC2CCCC2)ccc1CNc1ccc2c(c1)OCO2. The minimum Gasteiger partial charge on any atom is -0.490 e. The van der Waals surface area contributed by atoms with Crippen LogP contribution in [0.3, 0.4) is 0 Å². The third kappa shape index (κ3) is 3.36. The molecule has 2 aromatic carbocycles. The molecule has 0 amide bonds. The van der Waals surface area contributed by atoms with Gasteiger partial charge in [-0.1, -0.05) is 12.1 Å². The number of nitrogens with one attached hydrogen (secondary N) is 1. The monoisotopic (exact) mass is 311 g/mol. The lowest BCUT2D eigenvalue weighted by molar-refractivity contribution is 0.174. The predicted octanol–water partition coefficient (Wildman–Crippen LogP) is 4.35. The number of rotatable bonds is 5. The first kappa shape index (κ1) is 14.2. The lowest BCUT2D eigenvalue weighted by Gasteiger charge is -2.13. The molecule has 0 bridgehead atoms. The van der Waals surface area contributed by atoms with Crippen LogP contribution in [-0.2, 0) is 6.54 Å². The summed E-state index contributed by atoms with van der Waals surface area (Å²) in [6.45, 7) is 1.07. The van der Waals surface area contributed by atoms with Crippen LogP contribution in [0.15, 0.2) is 42.5 Å². The summed E-state index contributed by atoms with van der Waals surface area (Å²) in [4.78, 5) is 0. The van der Waals surface area contributed by atoms with Crippen LogP contribution in [0.5, 0.6) is 17.2 Å². The molecule has 1 aliphatic carbocycles. The van der Waals surface area contributed by atoms with Crippen molar-refractivity contribution in [1.82, 2.24) is 0 Å². The summed E-state index contributed by atoms with van der Waals surface area (Å²) in [6, 6.07) is 14.3. The molecule has 120 valence electrons. The number of hydrogen-bond acceptors (Lipinski definition) is 4. The van der Waals surface area contributed by atoms with Crippen molar-refractivity contribution in [1.29, 1.82) is 0 Å². The van der Waals surface area contributed by atoms with Crippen LogP contribution in [0.4, 0.5) is 5.69 Å². The number of ether oxygens (including phenoxy) is 3. The van der Waals surface area contributed by atoms with Gasteiger partial charge in [0.2, 0.25) is 6.79 Å². The Kier molecular flexibility index (Phi) is 3.97. The van der Waals surface area contributed by atoms with Gasteiger partial charge < -0.3 is 19.5 Å². The molecule has 0 unspecified atom stereocenters. The molecule has 4 nitrogen and oxygen atoms in total. The van der Waals surface area contributed by atoms with Gasteiger partial charge in [0.15, 0.2) is 11.5 Å². The molecular weight excluding hydrogens is 290 g/mol. The summed E-state index contributed by atoms with van der Waals surface area (Å²) in [5, 5.41) is 3.41. The van der Waals surface area contributed by atoms with Crippen LogP contribution in [0.2, 0.25) is 0 Å². The van der Waals surface area contributed by atoms with E-state index in [2.05, 4.69) is 29.6 Å². The van der Waals surface area contributed by atoms with Gasteiger partial charge in [0.1, 0.15) is 5.75 Å². The van der Waals surface area contributed by atoms with Gasteiger partial charge >= 0.3 is 0 Å². The van der Waals surface area contributed by atoms with E-state index >= 15 is 0 Å². The molecular formula is C19H21NO3. The average Bonchev–Trinajstić information content (AvgIpc) is 3.25. The van der Waals surface area contributed by atoms with Gasteiger partial charge in [0, 0.05) is 18.3 Å². The number of anilines is 1. The van der Waals surface area contributed by atoms with Crippen molar-refractivity contribution in [3.8, 4) is 17.2 Å². The van der Waals surface area contributed by atoms with E-state index in [-0.39, 0.29) is 0 Å². The Morgan fingerprint density at radius 3 is 2.57 bits per heavy atom. The molecule has 1 fully saturated rings. The molecule has 4 heteroatoms. The zero-order chi connectivity index (χ0) is 15.5. The first-order chi connectivity index (χ1) is 11.4. The topological polar surface area (TPSA) is 39.7 Å². The van der Waals surface area contributed by atoms with Crippen molar-refractivity contribution in [3.63, 3.8) is 0 Å². The van der Waals surface area contributed by atoms with E-state index in [1.807, 2.05) is 18.2 Å². The fraction of sp³-hybridized carbons (Fsp3) is 0.368. The second-order valence-electron chi connectivity index (χ2n) is 6.09. The highest BCUT2D eigenvalue weighted by Gasteiger charge is 2.16. The maximum Gasteiger partial charge on any atom is 0.231 e. The van der Waals surface area contributed by atoms with Crippen molar-refractivity contribution in [2.45, 2.75) is 38.3 Å². The van der Waals surface area contributed by atoms with Crippen molar-refractivity contribution in [2.75, 3.05) is 12.1 Å². The number of fused-ring (bicyclic) bond motifs is 1. The van der Waals surface area contributed by atoms with E-state index in [4.69, 9.17) is 14.2 Å². The highest BCUT2D eigenvalue weighted by atomic mass is 16.7. The van der Waals surface area contributed by atoms with Crippen molar-refractivity contribution in [2.24, 2.45) is 0 Å². The highest BCUT2D eigenvalue weighted by Crippen LogP contribution is 2.34. The van der Waals surface area contributed by atoms with Gasteiger partial charge in [-0.05, 0) is 55.5 Å². The minimum atomic E-state index is 0.307. The first-order valence-electron chi connectivity index (χ1n) is 8.26. The smallest absolute Gasteiger partial charge is 0.231 e. The molecule has 0 spiro atoms. The lowest BCUT2D eigenvalue weighted by Crippen LogP contribution is -2.10. The Hall–Kier alpha value is -2.36. The van der Waals surface area contributed by atoms with E-state index in [0.29, 0.717) is 12.9 Å². The molecule has 1 N–H and O–H groups in total. The molecule has 1 saturated carbocycles. The van der Waals surface area contributed by atoms with Crippen molar-refractivity contribution >= 4 is 5.69 Å². The Bertz CT molecular complexity index is 663. The second kappa shape index (κ2) is 6.41. The number of hydrogen-bond donors (Lipinski definition) is 1. The third-order valence-electron chi connectivity index (χ3n) is 4.40. The summed E-state index contributed by atoms with van der Waals surface area (Å²) >= 11 is 0. The molecule has 1 aliphatic heterocycles. The Labute approximate surface area is 136 Å². The van der Waals surface area contributed by atoms with Gasteiger partial charge in [-0.15, -0.1) is 0 Å². The standard InChI is InChI=1S/C19H21NO3/c1-2-4-16(3-1)23-17-8-5-14(6-9-17)12-20-15-7-10-18-19(11-15)22-13-21-18/h5-11,16,20H,1-4,12-13H2. The summed E-state index contributed by atoms with van der Waals surface area (Å²) in [6.07, 6.45) is 5.37. The molecule has 0 atom stereocenters. The Balaban J connectivity index is 1.33. The molecule has 0 radical (unpaired) electrons. The Morgan fingerprint density at radius 1 is 0.957 bits per heavy atom. The van der Waals surface area contributed by atoms with Gasteiger partial charge in [0.25, 0.3) is 0 Å². The van der Waals surface area contributed by atoms with E-state index in [1.165, 1.54) is 31.2 Å². The van der Waals surface area contributed by atoms with E-state index in [9.17, 15) is 0 Å².